The average Bonchev–Trinajstić information content (AvgIpc) is 2.64. The second-order valence-electron chi connectivity index (χ2n) is 4.70. The van der Waals surface area contributed by atoms with E-state index < -0.39 is 0 Å². The molecule has 0 aliphatic rings. The van der Waals surface area contributed by atoms with Crippen LogP contribution in [-0.2, 0) is 0 Å². The first-order valence-electron chi connectivity index (χ1n) is 7.27. The molecular formula is C19H16N2O3. The maximum atomic E-state index is 8.80. The van der Waals surface area contributed by atoms with Crippen molar-refractivity contribution in [3.05, 3.63) is 59.7 Å². The maximum Gasteiger partial charge on any atom is 0.161 e. The zero-order valence-electron chi connectivity index (χ0n) is 13.2. The molecule has 0 heterocycles. The normalized spacial score (nSPS) is 9.29. The summed E-state index contributed by atoms with van der Waals surface area (Å²) in [6.45, 7) is 0.768. The number of hydrogen-bond donors (Lipinski definition) is 0. The second-order valence-corrected chi connectivity index (χ2v) is 4.70. The molecule has 0 saturated heterocycles. The Morgan fingerprint density at radius 1 is 0.958 bits per heavy atom. The lowest BCUT2D eigenvalue weighted by molar-refractivity contribution is 0.211. The summed E-state index contributed by atoms with van der Waals surface area (Å²) >= 11 is 0. The highest BCUT2D eigenvalue weighted by Crippen LogP contribution is 2.28. The SMILES string of the molecule is COc1cc(C=C(C#N)C#N)ccc1OCCOc1ccccc1. The van der Waals surface area contributed by atoms with E-state index in [0.717, 1.165) is 5.75 Å². The van der Waals surface area contributed by atoms with Gasteiger partial charge in [-0.15, -0.1) is 0 Å². The van der Waals surface area contributed by atoms with E-state index in [2.05, 4.69) is 0 Å². The Bertz CT molecular complexity index is 770. The Balaban J connectivity index is 1.97. The van der Waals surface area contributed by atoms with Crippen LogP contribution in [0.3, 0.4) is 0 Å². The van der Waals surface area contributed by atoms with E-state index in [9.17, 15) is 0 Å². The van der Waals surface area contributed by atoms with Gasteiger partial charge in [0.05, 0.1) is 7.11 Å². The van der Waals surface area contributed by atoms with Crippen LogP contribution in [0.15, 0.2) is 54.1 Å². The van der Waals surface area contributed by atoms with Crippen molar-refractivity contribution in [2.24, 2.45) is 0 Å². The van der Waals surface area contributed by atoms with Crippen LogP contribution >= 0.6 is 0 Å². The zero-order chi connectivity index (χ0) is 17.2. The van der Waals surface area contributed by atoms with Gasteiger partial charge in [-0.25, -0.2) is 0 Å². The fourth-order valence-electron chi connectivity index (χ4n) is 1.98. The highest BCUT2D eigenvalue weighted by atomic mass is 16.5. The molecule has 0 aromatic heterocycles. The molecule has 0 bridgehead atoms. The second kappa shape index (κ2) is 8.87. The molecular weight excluding hydrogens is 304 g/mol. The number of para-hydroxylation sites is 1. The van der Waals surface area contributed by atoms with Crippen LogP contribution in [0.4, 0.5) is 0 Å². The summed E-state index contributed by atoms with van der Waals surface area (Å²) in [4.78, 5) is 0. The summed E-state index contributed by atoms with van der Waals surface area (Å²) in [6, 6.07) is 18.3. The van der Waals surface area contributed by atoms with E-state index in [-0.39, 0.29) is 5.57 Å². The number of methoxy groups -OCH3 is 1. The molecule has 0 N–H and O–H groups in total. The summed E-state index contributed by atoms with van der Waals surface area (Å²) in [5.41, 5.74) is 0.722. The molecule has 0 atom stereocenters. The van der Waals surface area contributed by atoms with Gasteiger partial charge >= 0.3 is 0 Å². The number of hydrogen-bond acceptors (Lipinski definition) is 5. The van der Waals surface area contributed by atoms with E-state index in [0.29, 0.717) is 30.3 Å². The predicted octanol–water partition coefficient (Wildman–Crippen LogP) is 3.58. The summed E-state index contributed by atoms with van der Waals surface area (Å²) in [5.74, 6) is 1.88. The van der Waals surface area contributed by atoms with Gasteiger partial charge in [-0.3, -0.25) is 0 Å². The number of allylic oxidation sites excluding steroid dienone is 1. The number of rotatable bonds is 7. The molecule has 0 radical (unpaired) electrons. The molecule has 0 fully saturated rings. The van der Waals surface area contributed by atoms with Crippen LogP contribution in [0.1, 0.15) is 5.56 Å². The molecule has 2 aromatic carbocycles. The Hall–Kier alpha value is -3.44. The van der Waals surface area contributed by atoms with Crippen molar-refractivity contribution in [2.75, 3.05) is 20.3 Å². The lowest BCUT2D eigenvalue weighted by Gasteiger charge is -2.12. The van der Waals surface area contributed by atoms with Gasteiger partial charge in [0.15, 0.2) is 11.5 Å². The largest absolute Gasteiger partial charge is 0.493 e. The Morgan fingerprint density at radius 2 is 1.67 bits per heavy atom. The summed E-state index contributed by atoms with van der Waals surface area (Å²) in [6.07, 6.45) is 1.49. The fourth-order valence-corrected chi connectivity index (χ4v) is 1.98. The Labute approximate surface area is 140 Å². The lowest BCUT2D eigenvalue weighted by Crippen LogP contribution is -2.09. The first-order valence-corrected chi connectivity index (χ1v) is 7.27. The van der Waals surface area contributed by atoms with Crippen molar-refractivity contribution in [1.29, 1.82) is 10.5 Å². The van der Waals surface area contributed by atoms with E-state index in [1.54, 1.807) is 18.2 Å². The lowest BCUT2D eigenvalue weighted by atomic mass is 10.1. The monoisotopic (exact) mass is 320 g/mol. The molecule has 2 rings (SSSR count). The third-order valence-electron chi connectivity index (χ3n) is 3.09. The smallest absolute Gasteiger partial charge is 0.161 e. The van der Waals surface area contributed by atoms with Gasteiger partial charge < -0.3 is 14.2 Å². The highest BCUT2D eigenvalue weighted by molar-refractivity contribution is 5.64. The van der Waals surface area contributed by atoms with Crippen LogP contribution in [0.2, 0.25) is 0 Å². The van der Waals surface area contributed by atoms with Gasteiger partial charge in [-0.05, 0) is 35.9 Å². The standard InChI is InChI=1S/C19H16N2O3/c1-22-19-12-15(11-16(13-20)14-21)7-8-18(19)24-10-9-23-17-5-3-2-4-6-17/h2-8,11-12H,9-10H2,1H3. The predicted molar refractivity (Wildman–Crippen MR) is 89.6 cm³/mol. The van der Waals surface area contributed by atoms with Gasteiger partial charge in [-0.1, -0.05) is 24.3 Å². The third kappa shape index (κ3) is 4.79. The van der Waals surface area contributed by atoms with Crippen LogP contribution < -0.4 is 14.2 Å². The molecule has 0 saturated carbocycles. The molecule has 120 valence electrons. The molecule has 2 aromatic rings. The zero-order valence-corrected chi connectivity index (χ0v) is 13.2. The minimum Gasteiger partial charge on any atom is -0.493 e. The van der Waals surface area contributed by atoms with Gasteiger partial charge in [0.2, 0.25) is 0 Å². The van der Waals surface area contributed by atoms with Crippen LogP contribution in [0, 0.1) is 22.7 Å². The quantitative estimate of drug-likeness (QED) is 0.575. The minimum absolute atomic E-state index is 0.0296. The maximum absolute atomic E-state index is 8.80. The molecule has 0 spiro atoms. The van der Waals surface area contributed by atoms with Crippen molar-refractivity contribution in [3.63, 3.8) is 0 Å². The van der Waals surface area contributed by atoms with E-state index in [4.69, 9.17) is 24.7 Å². The summed E-state index contributed by atoms with van der Waals surface area (Å²) in [7, 11) is 1.53. The third-order valence-corrected chi connectivity index (χ3v) is 3.09. The van der Waals surface area contributed by atoms with E-state index in [1.165, 1.54) is 13.2 Å². The fraction of sp³-hybridized carbons (Fsp3) is 0.158. The van der Waals surface area contributed by atoms with Crippen molar-refractivity contribution in [3.8, 4) is 29.4 Å². The molecule has 0 aliphatic carbocycles. The van der Waals surface area contributed by atoms with Gasteiger partial charge in [0, 0.05) is 0 Å². The molecule has 0 amide bonds. The Morgan fingerprint density at radius 3 is 2.33 bits per heavy atom. The number of nitrogens with zero attached hydrogens (tertiary/aromatic N) is 2. The molecule has 5 heteroatoms. The first kappa shape index (κ1) is 16.9. The van der Waals surface area contributed by atoms with Gasteiger partial charge in [0.25, 0.3) is 0 Å². The minimum atomic E-state index is 0.0296. The van der Waals surface area contributed by atoms with Gasteiger partial charge in [0.1, 0.15) is 36.7 Å². The average molecular weight is 320 g/mol. The van der Waals surface area contributed by atoms with Crippen LogP contribution in [0.25, 0.3) is 6.08 Å². The van der Waals surface area contributed by atoms with Crippen molar-refractivity contribution in [2.45, 2.75) is 0 Å². The topological polar surface area (TPSA) is 75.3 Å². The Kier molecular flexibility index (Phi) is 6.25. The number of nitriles is 2. The van der Waals surface area contributed by atoms with Crippen molar-refractivity contribution in [1.82, 2.24) is 0 Å². The van der Waals surface area contributed by atoms with E-state index >= 15 is 0 Å². The molecule has 24 heavy (non-hydrogen) atoms. The first-order chi connectivity index (χ1) is 11.8. The number of benzene rings is 2. The summed E-state index contributed by atoms with van der Waals surface area (Å²) < 4.78 is 16.5. The van der Waals surface area contributed by atoms with Gasteiger partial charge in [-0.2, -0.15) is 10.5 Å². The summed E-state index contributed by atoms with van der Waals surface area (Å²) in [5, 5.41) is 17.6. The molecule has 0 unspecified atom stereocenters. The van der Waals surface area contributed by atoms with Crippen LogP contribution in [-0.4, -0.2) is 20.3 Å². The van der Waals surface area contributed by atoms with Crippen molar-refractivity contribution >= 4 is 6.08 Å². The van der Waals surface area contributed by atoms with E-state index in [1.807, 2.05) is 42.5 Å². The highest BCUT2D eigenvalue weighted by Gasteiger charge is 2.06. The number of ether oxygens (including phenoxy) is 3. The molecule has 5 nitrogen and oxygen atoms in total. The van der Waals surface area contributed by atoms with Crippen molar-refractivity contribution < 1.29 is 14.2 Å². The molecule has 0 aliphatic heterocycles. The van der Waals surface area contributed by atoms with Crippen LogP contribution in [0.5, 0.6) is 17.2 Å².